The van der Waals surface area contributed by atoms with Crippen LogP contribution >= 0.6 is 0 Å². The number of rotatable bonds is 5. The molecule has 1 aromatic heterocycles. The summed E-state index contributed by atoms with van der Waals surface area (Å²) >= 11 is 0. The van der Waals surface area contributed by atoms with Crippen LogP contribution in [0.4, 0.5) is 0 Å². The van der Waals surface area contributed by atoms with Gasteiger partial charge in [-0.3, -0.25) is 0 Å². The molecule has 1 heterocycles. The molecule has 1 aromatic rings. The summed E-state index contributed by atoms with van der Waals surface area (Å²) in [5.41, 5.74) is 0. The van der Waals surface area contributed by atoms with E-state index in [4.69, 9.17) is 14.3 Å². The van der Waals surface area contributed by atoms with Crippen LogP contribution in [0.3, 0.4) is 0 Å². The van der Waals surface area contributed by atoms with Gasteiger partial charge in [-0.15, -0.1) is 0 Å². The minimum absolute atomic E-state index is 0.127. The second-order valence-corrected chi connectivity index (χ2v) is 2.48. The van der Waals surface area contributed by atoms with Gasteiger partial charge in [0.1, 0.15) is 18.1 Å². The largest absolute Gasteiger partial charge is 0.464 e. The Kier molecular flexibility index (Phi) is 3.84. The highest BCUT2D eigenvalue weighted by molar-refractivity contribution is 5.06. The SMILES string of the molecule is CCOCc1ccc(CCO)o1. The topological polar surface area (TPSA) is 42.6 Å². The summed E-state index contributed by atoms with van der Waals surface area (Å²) < 4.78 is 10.5. The van der Waals surface area contributed by atoms with Gasteiger partial charge < -0.3 is 14.3 Å². The normalized spacial score (nSPS) is 10.5. The highest BCUT2D eigenvalue weighted by Gasteiger charge is 2.00. The Labute approximate surface area is 72.0 Å². The van der Waals surface area contributed by atoms with Crippen molar-refractivity contribution < 1.29 is 14.3 Å². The molecule has 0 saturated carbocycles. The van der Waals surface area contributed by atoms with Crippen molar-refractivity contribution in [2.75, 3.05) is 13.2 Å². The van der Waals surface area contributed by atoms with Crippen molar-refractivity contribution in [3.63, 3.8) is 0 Å². The molecule has 68 valence electrons. The molecular weight excluding hydrogens is 156 g/mol. The fourth-order valence-electron chi connectivity index (χ4n) is 0.947. The van der Waals surface area contributed by atoms with Gasteiger partial charge in [-0.25, -0.2) is 0 Å². The Balaban J connectivity index is 2.41. The van der Waals surface area contributed by atoms with E-state index in [1.807, 2.05) is 19.1 Å². The van der Waals surface area contributed by atoms with Crippen LogP contribution in [0, 0.1) is 0 Å². The number of aliphatic hydroxyl groups is 1. The van der Waals surface area contributed by atoms with Crippen molar-refractivity contribution in [1.29, 1.82) is 0 Å². The monoisotopic (exact) mass is 170 g/mol. The van der Waals surface area contributed by atoms with E-state index < -0.39 is 0 Å². The molecule has 0 radical (unpaired) electrons. The summed E-state index contributed by atoms with van der Waals surface area (Å²) in [5.74, 6) is 1.63. The van der Waals surface area contributed by atoms with E-state index in [1.165, 1.54) is 0 Å². The predicted octanol–water partition coefficient (Wildman–Crippen LogP) is 1.35. The van der Waals surface area contributed by atoms with Crippen molar-refractivity contribution in [2.24, 2.45) is 0 Å². The highest BCUT2D eigenvalue weighted by atomic mass is 16.5. The van der Waals surface area contributed by atoms with Crippen LogP contribution in [0.25, 0.3) is 0 Å². The first kappa shape index (κ1) is 9.29. The van der Waals surface area contributed by atoms with Gasteiger partial charge in [0.05, 0.1) is 6.61 Å². The van der Waals surface area contributed by atoms with E-state index in [2.05, 4.69) is 0 Å². The molecular formula is C9H14O3. The number of aliphatic hydroxyl groups excluding tert-OH is 1. The third-order valence-electron chi connectivity index (χ3n) is 1.52. The summed E-state index contributed by atoms with van der Waals surface area (Å²) in [6.07, 6.45) is 0.576. The zero-order valence-electron chi connectivity index (χ0n) is 7.25. The van der Waals surface area contributed by atoms with Gasteiger partial charge in [0.2, 0.25) is 0 Å². The Bertz CT molecular complexity index is 217. The van der Waals surface area contributed by atoms with E-state index in [0.717, 1.165) is 11.5 Å². The van der Waals surface area contributed by atoms with Crippen LogP contribution in [0.5, 0.6) is 0 Å². The van der Waals surface area contributed by atoms with E-state index in [-0.39, 0.29) is 6.61 Å². The zero-order valence-corrected chi connectivity index (χ0v) is 7.25. The van der Waals surface area contributed by atoms with Crippen LogP contribution in [0.2, 0.25) is 0 Å². The third-order valence-corrected chi connectivity index (χ3v) is 1.52. The molecule has 3 heteroatoms. The molecule has 0 amide bonds. The number of furan rings is 1. The lowest BCUT2D eigenvalue weighted by atomic mass is 10.3. The van der Waals surface area contributed by atoms with Crippen LogP contribution < -0.4 is 0 Å². The van der Waals surface area contributed by atoms with Crippen molar-refractivity contribution in [2.45, 2.75) is 20.0 Å². The Morgan fingerprint density at radius 1 is 1.42 bits per heavy atom. The van der Waals surface area contributed by atoms with E-state index in [0.29, 0.717) is 19.6 Å². The van der Waals surface area contributed by atoms with Gasteiger partial charge in [0.25, 0.3) is 0 Å². The van der Waals surface area contributed by atoms with Crippen LogP contribution in [-0.4, -0.2) is 18.3 Å². The molecule has 0 atom stereocenters. The van der Waals surface area contributed by atoms with Crippen molar-refractivity contribution in [3.8, 4) is 0 Å². The number of ether oxygens (including phenoxy) is 1. The lowest BCUT2D eigenvalue weighted by Gasteiger charge is -1.96. The summed E-state index contributed by atoms with van der Waals surface area (Å²) in [4.78, 5) is 0. The molecule has 0 aliphatic heterocycles. The molecule has 0 aliphatic carbocycles. The summed E-state index contributed by atoms with van der Waals surface area (Å²) in [7, 11) is 0. The van der Waals surface area contributed by atoms with Gasteiger partial charge in [-0.2, -0.15) is 0 Å². The average molecular weight is 170 g/mol. The fourth-order valence-corrected chi connectivity index (χ4v) is 0.947. The van der Waals surface area contributed by atoms with E-state index in [9.17, 15) is 0 Å². The van der Waals surface area contributed by atoms with Crippen molar-refractivity contribution in [1.82, 2.24) is 0 Å². The van der Waals surface area contributed by atoms with Crippen LogP contribution in [0.1, 0.15) is 18.4 Å². The minimum atomic E-state index is 0.127. The number of hydrogen-bond acceptors (Lipinski definition) is 3. The maximum absolute atomic E-state index is 8.61. The van der Waals surface area contributed by atoms with Crippen molar-refractivity contribution >= 4 is 0 Å². The fraction of sp³-hybridized carbons (Fsp3) is 0.556. The second-order valence-electron chi connectivity index (χ2n) is 2.48. The van der Waals surface area contributed by atoms with Crippen LogP contribution in [-0.2, 0) is 17.8 Å². The van der Waals surface area contributed by atoms with Gasteiger partial charge >= 0.3 is 0 Å². The first-order valence-electron chi connectivity index (χ1n) is 4.13. The number of hydrogen-bond donors (Lipinski definition) is 1. The zero-order chi connectivity index (χ0) is 8.81. The molecule has 0 aromatic carbocycles. The summed E-state index contributed by atoms with van der Waals surface area (Å²) in [6.45, 7) is 3.27. The molecule has 3 nitrogen and oxygen atoms in total. The molecule has 0 spiro atoms. The second kappa shape index (κ2) is 4.95. The molecule has 12 heavy (non-hydrogen) atoms. The molecule has 1 N–H and O–H groups in total. The van der Waals surface area contributed by atoms with Gasteiger partial charge in [-0.05, 0) is 19.1 Å². The summed E-state index contributed by atoms with van der Waals surface area (Å²) in [6, 6.07) is 3.74. The minimum Gasteiger partial charge on any atom is -0.464 e. The Morgan fingerprint density at radius 2 is 2.17 bits per heavy atom. The van der Waals surface area contributed by atoms with Crippen LogP contribution in [0.15, 0.2) is 16.5 Å². The smallest absolute Gasteiger partial charge is 0.129 e. The molecule has 0 saturated heterocycles. The quantitative estimate of drug-likeness (QED) is 0.725. The summed E-state index contributed by atoms with van der Waals surface area (Å²) in [5, 5.41) is 8.61. The molecule has 0 bridgehead atoms. The maximum atomic E-state index is 8.61. The highest BCUT2D eigenvalue weighted by Crippen LogP contribution is 2.09. The lowest BCUT2D eigenvalue weighted by molar-refractivity contribution is 0.117. The molecule has 1 rings (SSSR count). The standard InChI is InChI=1S/C9H14O3/c1-2-11-7-9-4-3-8(12-9)5-6-10/h3-4,10H,2,5-7H2,1H3. The predicted molar refractivity (Wildman–Crippen MR) is 44.8 cm³/mol. The van der Waals surface area contributed by atoms with E-state index in [1.54, 1.807) is 0 Å². The van der Waals surface area contributed by atoms with Gasteiger partial charge in [0, 0.05) is 13.0 Å². The Hall–Kier alpha value is -0.800. The molecule has 0 fully saturated rings. The van der Waals surface area contributed by atoms with Crippen molar-refractivity contribution in [3.05, 3.63) is 23.7 Å². The first-order chi connectivity index (χ1) is 5.86. The van der Waals surface area contributed by atoms with E-state index >= 15 is 0 Å². The lowest BCUT2D eigenvalue weighted by Crippen LogP contribution is -1.90. The van der Waals surface area contributed by atoms with Gasteiger partial charge in [0.15, 0.2) is 0 Å². The Morgan fingerprint density at radius 3 is 2.83 bits per heavy atom. The average Bonchev–Trinajstić information content (AvgIpc) is 2.50. The molecule has 0 aliphatic rings. The first-order valence-corrected chi connectivity index (χ1v) is 4.13. The molecule has 0 unspecified atom stereocenters. The maximum Gasteiger partial charge on any atom is 0.129 e. The van der Waals surface area contributed by atoms with Gasteiger partial charge in [-0.1, -0.05) is 0 Å². The third kappa shape index (κ3) is 2.68.